The van der Waals surface area contributed by atoms with Crippen LogP contribution in [0, 0.1) is 6.92 Å². The van der Waals surface area contributed by atoms with Crippen LogP contribution >= 0.6 is 0 Å². The number of rotatable bonds is 6. The molecule has 0 unspecified atom stereocenters. The van der Waals surface area contributed by atoms with Crippen LogP contribution in [0.4, 0.5) is 0 Å². The van der Waals surface area contributed by atoms with Crippen LogP contribution in [-0.4, -0.2) is 43.5 Å². The quantitative estimate of drug-likeness (QED) is 0.859. The number of nitrogens with one attached hydrogen (secondary N) is 1. The van der Waals surface area contributed by atoms with Gasteiger partial charge in [-0.3, -0.25) is 0 Å². The molecule has 0 saturated carbocycles. The van der Waals surface area contributed by atoms with Crippen LogP contribution in [0.25, 0.3) is 11.4 Å². The van der Waals surface area contributed by atoms with Crippen molar-refractivity contribution >= 4 is 10.2 Å². The van der Waals surface area contributed by atoms with Gasteiger partial charge >= 0.3 is 0 Å². The SMILES string of the molecule is Cc1ccc(-c2noc(CCNS(=O)(=O)N(C)C)n2)cc1. The zero-order valence-electron chi connectivity index (χ0n) is 12.2. The standard InChI is InChI=1S/C13H18N4O3S/c1-10-4-6-11(7-5-10)13-15-12(20-16-13)8-9-14-21(18,19)17(2)3/h4-7,14H,8-9H2,1-3H3. The second kappa shape index (κ2) is 6.33. The maximum Gasteiger partial charge on any atom is 0.278 e. The third-order valence-electron chi connectivity index (χ3n) is 2.88. The van der Waals surface area contributed by atoms with Crippen LogP contribution in [0.15, 0.2) is 28.8 Å². The summed E-state index contributed by atoms with van der Waals surface area (Å²) >= 11 is 0. The molecule has 0 fully saturated rings. The van der Waals surface area contributed by atoms with E-state index in [-0.39, 0.29) is 6.54 Å². The minimum Gasteiger partial charge on any atom is -0.339 e. The van der Waals surface area contributed by atoms with E-state index in [1.54, 1.807) is 0 Å². The highest BCUT2D eigenvalue weighted by Crippen LogP contribution is 2.16. The van der Waals surface area contributed by atoms with Crippen molar-refractivity contribution in [1.82, 2.24) is 19.2 Å². The number of hydrogen-bond acceptors (Lipinski definition) is 5. The first-order valence-electron chi connectivity index (χ1n) is 6.45. The van der Waals surface area contributed by atoms with Gasteiger partial charge in [0.25, 0.3) is 10.2 Å². The monoisotopic (exact) mass is 310 g/mol. The van der Waals surface area contributed by atoms with Crippen molar-refractivity contribution in [3.63, 3.8) is 0 Å². The Bertz CT molecular complexity index is 692. The van der Waals surface area contributed by atoms with Gasteiger partial charge in [0.05, 0.1) is 0 Å². The predicted molar refractivity (Wildman–Crippen MR) is 78.8 cm³/mol. The molecule has 0 atom stereocenters. The fourth-order valence-corrected chi connectivity index (χ4v) is 2.21. The molecule has 0 amide bonds. The highest BCUT2D eigenvalue weighted by molar-refractivity contribution is 7.87. The van der Waals surface area contributed by atoms with E-state index < -0.39 is 10.2 Å². The third-order valence-corrected chi connectivity index (χ3v) is 4.41. The lowest BCUT2D eigenvalue weighted by atomic mass is 10.1. The lowest BCUT2D eigenvalue weighted by Crippen LogP contribution is -2.36. The molecule has 2 aromatic rings. The van der Waals surface area contributed by atoms with Crippen molar-refractivity contribution < 1.29 is 12.9 Å². The van der Waals surface area contributed by atoms with Gasteiger partial charge < -0.3 is 4.52 Å². The van der Waals surface area contributed by atoms with Gasteiger partial charge in [-0.25, -0.2) is 4.72 Å². The predicted octanol–water partition coefficient (Wildman–Crippen LogP) is 0.984. The van der Waals surface area contributed by atoms with Gasteiger partial charge in [0.15, 0.2) is 0 Å². The summed E-state index contributed by atoms with van der Waals surface area (Å²) in [7, 11) is -0.499. The van der Waals surface area contributed by atoms with Gasteiger partial charge in [-0.1, -0.05) is 35.0 Å². The molecule has 0 aliphatic heterocycles. The van der Waals surface area contributed by atoms with Crippen LogP contribution in [-0.2, 0) is 16.6 Å². The zero-order chi connectivity index (χ0) is 15.5. The number of hydrogen-bond donors (Lipinski definition) is 1. The number of benzene rings is 1. The molecule has 0 saturated heterocycles. The van der Waals surface area contributed by atoms with Crippen molar-refractivity contribution in [3.8, 4) is 11.4 Å². The maximum absolute atomic E-state index is 11.5. The smallest absolute Gasteiger partial charge is 0.278 e. The summed E-state index contributed by atoms with van der Waals surface area (Å²) in [6, 6.07) is 7.77. The van der Waals surface area contributed by atoms with Gasteiger partial charge in [0.1, 0.15) is 0 Å². The fraction of sp³-hybridized carbons (Fsp3) is 0.385. The van der Waals surface area contributed by atoms with Crippen molar-refractivity contribution in [2.45, 2.75) is 13.3 Å². The van der Waals surface area contributed by atoms with E-state index in [0.29, 0.717) is 18.1 Å². The molecule has 1 N–H and O–H groups in total. The minimum atomic E-state index is -3.42. The number of aromatic nitrogens is 2. The maximum atomic E-state index is 11.5. The topological polar surface area (TPSA) is 88.3 Å². The molecular formula is C13H18N4O3S. The Kier molecular flexibility index (Phi) is 4.71. The van der Waals surface area contributed by atoms with E-state index in [4.69, 9.17) is 4.52 Å². The third kappa shape index (κ3) is 4.10. The first kappa shape index (κ1) is 15.6. The summed E-state index contributed by atoms with van der Waals surface area (Å²) in [6.07, 6.45) is 0.339. The highest BCUT2D eigenvalue weighted by Gasteiger charge is 2.13. The van der Waals surface area contributed by atoms with Crippen molar-refractivity contribution in [2.75, 3.05) is 20.6 Å². The molecule has 21 heavy (non-hydrogen) atoms. The molecule has 0 bridgehead atoms. The lowest BCUT2D eigenvalue weighted by Gasteiger charge is -2.11. The van der Waals surface area contributed by atoms with Crippen LogP contribution in [0.3, 0.4) is 0 Å². The fourth-order valence-electron chi connectivity index (χ4n) is 1.59. The Morgan fingerprint density at radius 2 is 1.90 bits per heavy atom. The molecule has 1 aromatic heterocycles. The molecular weight excluding hydrogens is 292 g/mol. The second-order valence-corrected chi connectivity index (χ2v) is 6.78. The Hall–Kier alpha value is -1.77. The molecule has 2 rings (SSSR count). The average Bonchev–Trinajstić information content (AvgIpc) is 2.88. The van der Waals surface area contributed by atoms with E-state index in [0.717, 1.165) is 15.4 Å². The van der Waals surface area contributed by atoms with E-state index in [1.807, 2.05) is 31.2 Å². The van der Waals surface area contributed by atoms with Gasteiger partial charge in [-0.2, -0.15) is 17.7 Å². The summed E-state index contributed by atoms with van der Waals surface area (Å²) in [4.78, 5) is 4.25. The van der Waals surface area contributed by atoms with Crippen molar-refractivity contribution in [3.05, 3.63) is 35.7 Å². The second-order valence-electron chi connectivity index (χ2n) is 4.81. The largest absolute Gasteiger partial charge is 0.339 e. The Labute approximate surface area is 124 Å². The van der Waals surface area contributed by atoms with Gasteiger partial charge in [0, 0.05) is 32.6 Å². The molecule has 0 aliphatic rings. The Morgan fingerprint density at radius 3 is 2.52 bits per heavy atom. The van der Waals surface area contributed by atoms with E-state index in [1.165, 1.54) is 14.1 Å². The molecule has 1 heterocycles. The molecule has 0 aliphatic carbocycles. The van der Waals surface area contributed by atoms with Gasteiger partial charge in [-0.15, -0.1) is 0 Å². The van der Waals surface area contributed by atoms with Crippen LogP contribution < -0.4 is 4.72 Å². The molecule has 0 radical (unpaired) electrons. The Balaban J connectivity index is 1.96. The first-order chi connectivity index (χ1) is 9.88. The summed E-state index contributed by atoms with van der Waals surface area (Å²) in [5.74, 6) is 0.896. The molecule has 7 nitrogen and oxygen atoms in total. The van der Waals surface area contributed by atoms with Crippen molar-refractivity contribution in [2.24, 2.45) is 0 Å². The van der Waals surface area contributed by atoms with Crippen LogP contribution in [0.2, 0.25) is 0 Å². The summed E-state index contributed by atoms with van der Waals surface area (Å²) in [5, 5.41) is 3.89. The molecule has 114 valence electrons. The number of aryl methyl sites for hydroxylation is 1. The van der Waals surface area contributed by atoms with Crippen LogP contribution in [0.1, 0.15) is 11.5 Å². The van der Waals surface area contributed by atoms with Gasteiger partial charge in [-0.05, 0) is 6.92 Å². The first-order valence-corrected chi connectivity index (χ1v) is 7.89. The number of nitrogens with zero attached hydrogens (tertiary/aromatic N) is 3. The summed E-state index contributed by atoms with van der Waals surface area (Å²) in [6.45, 7) is 2.21. The normalized spacial score (nSPS) is 12.0. The molecule has 0 spiro atoms. The van der Waals surface area contributed by atoms with E-state index in [2.05, 4.69) is 14.9 Å². The minimum absolute atomic E-state index is 0.204. The lowest BCUT2D eigenvalue weighted by molar-refractivity contribution is 0.378. The Morgan fingerprint density at radius 1 is 1.24 bits per heavy atom. The van der Waals surface area contributed by atoms with Crippen LogP contribution in [0.5, 0.6) is 0 Å². The summed E-state index contributed by atoms with van der Waals surface area (Å²) < 4.78 is 31.7. The van der Waals surface area contributed by atoms with E-state index >= 15 is 0 Å². The van der Waals surface area contributed by atoms with Crippen molar-refractivity contribution in [1.29, 1.82) is 0 Å². The summed E-state index contributed by atoms with van der Waals surface area (Å²) in [5.41, 5.74) is 2.02. The molecule has 8 heteroatoms. The molecule has 1 aromatic carbocycles. The average molecular weight is 310 g/mol. The van der Waals surface area contributed by atoms with E-state index in [9.17, 15) is 8.42 Å². The zero-order valence-corrected chi connectivity index (χ0v) is 13.0. The van der Waals surface area contributed by atoms with Gasteiger partial charge in [0.2, 0.25) is 11.7 Å². The highest BCUT2D eigenvalue weighted by atomic mass is 32.2.